The minimum Gasteiger partial charge on any atom is -0.425 e. The maximum absolute atomic E-state index is 8.82. The Bertz CT molecular complexity index is 4120. The number of hydrogen-bond acceptors (Lipinski definition) is 16. The molecule has 0 saturated carbocycles. The van der Waals surface area contributed by atoms with Crippen LogP contribution in [0, 0.1) is 0 Å². The van der Waals surface area contributed by atoms with E-state index in [1.54, 1.807) is 0 Å². The van der Waals surface area contributed by atoms with Gasteiger partial charge in [-0.25, -0.2) is 0 Å². The van der Waals surface area contributed by atoms with Crippen LogP contribution in [0.5, 0.6) is 0 Å². The molecule has 0 aliphatic carbocycles. The second-order valence-electron chi connectivity index (χ2n) is 27.4. The molecule has 6 saturated heterocycles. The zero-order valence-electron chi connectivity index (χ0n) is 56.3. The maximum atomic E-state index is 8.82. The Morgan fingerprint density at radius 1 is 0.214 bits per heavy atom. The first-order chi connectivity index (χ1) is 47.0. The number of nitrogens with zero attached hydrogens (tertiary/aromatic N) is 2. The van der Waals surface area contributed by atoms with Gasteiger partial charge in [-0.05, 0) is 47.7 Å². The Morgan fingerprint density at radius 2 is 0.418 bits per heavy atom. The second kappa shape index (κ2) is 25.4. The Hall–Kier alpha value is -6.16. The summed E-state index contributed by atoms with van der Waals surface area (Å²) in [4.78, 5) is 2.05. The van der Waals surface area contributed by atoms with E-state index in [4.69, 9.17) is 57.6 Å². The fourth-order valence-corrected chi connectivity index (χ4v) is 79.8. The molecule has 8 bridgehead atoms. The molecule has 0 N–H and O–H groups in total. The quantitative estimate of drug-likeness (QED) is 0.0991. The lowest BCUT2D eigenvalue weighted by molar-refractivity contribution is 0.0273. The first-order valence-corrected chi connectivity index (χ1v) is 58.3. The third kappa shape index (κ3) is 12.1. The van der Waals surface area contributed by atoms with Gasteiger partial charge in [0.2, 0.25) is 0 Å². The molecular formula is C70H78N2O14Si12. The van der Waals surface area contributed by atoms with Gasteiger partial charge < -0.3 is 66.7 Å². The lowest BCUT2D eigenvalue weighted by Crippen LogP contribution is -2.94. The Labute approximate surface area is 587 Å². The largest absolute Gasteiger partial charge is 0.515 e. The van der Waals surface area contributed by atoms with Crippen molar-refractivity contribution in [3.05, 3.63) is 291 Å². The van der Waals surface area contributed by atoms with Crippen LogP contribution in [0.2, 0.25) is 52.4 Å². The van der Waals surface area contributed by atoms with Crippen molar-refractivity contribution in [2.24, 2.45) is 0 Å². The van der Waals surface area contributed by atoms with Crippen molar-refractivity contribution in [1.29, 1.82) is 0 Å². The molecule has 0 aromatic heterocycles. The number of hydrogen-bond donors (Lipinski definition) is 0. The summed E-state index contributed by atoms with van der Waals surface area (Å²) in [5, 5.41) is 5.51. The first kappa shape index (κ1) is 67.7. The van der Waals surface area contributed by atoms with Crippen LogP contribution in [0.1, 0.15) is 0 Å². The highest BCUT2D eigenvalue weighted by atomic mass is 28.6. The zero-order chi connectivity index (χ0) is 67.9. The van der Waals surface area contributed by atoms with E-state index in [1.807, 2.05) is 282 Å². The molecule has 98 heavy (non-hydrogen) atoms. The molecule has 16 nitrogen and oxygen atoms in total. The normalized spacial score (nSPS) is 30.8. The maximum Gasteiger partial charge on any atom is 0.515 e. The van der Waals surface area contributed by atoms with Gasteiger partial charge in [0, 0.05) is 67.0 Å². The van der Waals surface area contributed by atoms with E-state index in [0.29, 0.717) is 46.7 Å². The molecule has 0 spiro atoms. The molecule has 10 aromatic carbocycles. The van der Waals surface area contributed by atoms with Crippen molar-refractivity contribution in [3.8, 4) is 0 Å². The third-order valence-electron chi connectivity index (χ3n) is 17.9. The minimum atomic E-state index is -5.34. The predicted molar refractivity (Wildman–Crippen MR) is 409 cm³/mol. The number of fused-ring (bicyclic) bond motifs is 4. The summed E-state index contributed by atoms with van der Waals surface area (Å²) in [5.74, 6) is 0. The molecule has 0 radical (unpaired) electrons. The smallest absolute Gasteiger partial charge is 0.425 e. The van der Waals surface area contributed by atoms with Gasteiger partial charge in [-0.3, -0.25) is 0 Å². The van der Waals surface area contributed by atoms with Crippen molar-refractivity contribution < 1.29 is 57.6 Å². The van der Waals surface area contributed by atoms with E-state index in [1.165, 1.54) is 0 Å². The molecule has 6 fully saturated rings. The number of benzene rings is 10. The number of anilines is 2. The zero-order valence-corrected chi connectivity index (χ0v) is 68.3. The van der Waals surface area contributed by atoms with E-state index in [2.05, 4.69) is 84.8 Å². The van der Waals surface area contributed by atoms with Crippen LogP contribution < -0.4 is 61.0 Å². The Morgan fingerprint density at radius 3 is 0.633 bits per heavy atom. The Kier molecular flexibility index (Phi) is 17.5. The van der Waals surface area contributed by atoms with Gasteiger partial charge in [0.15, 0.2) is 0 Å². The van der Waals surface area contributed by atoms with E-state index in [-0.39, 0.29) is 0 Å². The lowest BCUT2D eigenvalue weighted by Gasteiger charge is -2.61. The predicted octanol–water partition coefficient (Wildman–Crippen LogP) is 7.56. The van der Waals surface area contributed by atoms with Gasteiger partial charge in [-0.2, -0.15) is 0 Å². The number of rotatable bonds is 14. The minimum absolute atomic E-state index is 0.490. The van der Waals surface area contributed by atoms with Crippen LogP contribution in [0.15, 0.2) is 291 Å². The molecule has 10 aromatic rings. The highest BCUT2D eigenvalue weighted by Crippen LogP contribution is 2.47. The van der Waals surface area contributed by atoms with Gasteiger partial charge >= 0.3 is 87.6 Å². The van der Waals surface area contributed by atoms with Gasteiger partial charge in [-0.15, -0.1) is 0 Å². The van der Waals surface area contributed by atoms with Crippen LogP contribution in [0.4, 0.5) is 11.4 Å². The van der Waals surface area contributed by atoms with E-state index < -0.39 is 104 Å². The van der Waals surface area contributed by atoms with Crippen LogP contribution in [-0.4, -0.2) is 118 Å². The van der Waals surface area contributed by atoms with E-state index in [0.717, 1.165) is 16.6 Å². The summed E-state index contributed by atoms with van der Waals surface area (Å²) in [6, 6.07) is 95.4. The first-order valence-electron chi connectivity index (χ1n) is 32.9. The summed E-state index contributed by atoms with van der Waals surface area (Å²) in [6.45, 7) is 18.5. The molecule has 0 amide bonds. The fourth-order valence-electron chi connectivity index (χ4n) is 13.9. The van der Waals surface area contributed by atoms with Gasteiger partial charge in [0.1, 0.15) is 16.5 Å². The van der Waals surface area contributed by atoms with Gasteiger partial charge in [0.05, 0.1) is 0 Å². The third-order valence-corrected chi connectivity index (χ3v) is 68.2. The summed E-state index contributed by atoms with van der Waals surface area (Å²) < 4.78 is 125. The van der Waals surface area contributed by atoms with Gasteiger partial charge in [0.25, 0.3) is 0 Å². The Balaban J connectivity index is 1.20. The molecule has 4 unspecified atom stereocenters. The van der Waals surface area contributed by atoms with Crippen LogP contribution in [0.3, 0.4) is 0 Å². The molecule has 6 aliphatic rings. The molecule has 500 valence electrons. The molecular weight excluding hydrogens is 1430 g/mol. The molecule has 16 rings (SSSR count). The standard InChI is InChI=1S/C70H78N2O14Si12/c1-71(2)60-36-35-53-70(58-60)90(10)75-93(64-41-23-13-24-42-64)81-95(66-45-27-15-28-46-66)77-91(62-37-19-11-20-38-62)73-89(9,61-56-54-59(55-57-61)72(87(3,4)5)88(6,7)8)74-92(63-39-21-12-22-40-63)79-97(85-95,68-49-31-17-32-50-68)83-94(76-90,65-43-25-14-26-44-65)84-98(80-92,69-51-33-18-34-52-69)86-96(78-91,82-93)67-47-29-16-30-48-67/h11-58H,1-10H3. The fraction of sp³-hybridized carbons (Fsp3) is 0.143. The van der Waals surface area contributed by atoms with Gasteiger partial charge in [-0.1, -0.05) is 306 Å². The average molecular weight is 1510 g/mol. The average Bonchev–Trinajstić information content (AvgIpc) is 0.675. The monoisotopic (exact) mass is 1510 g/mol. The summed E-state index contributed by atoms with van der Waals surface area (Å²) in [7, 11) is -51.1. The topological polar surface area (TPSA) is 136 Å². The van der Waals surface area contributed by atoms with Crippen LogP contribution >= 0.6 is 0 Å². The molecule has 28 heteroatoms. The highest BCUT2D eigenvalue weighted by molar-refractivity contribution is 7.14. The van der Waals surface area contributed by atoms with Crippen molar-refractivity contribution in [1.82, 2.24) is 0 Å². The van der Waals surface area contributed by atoms with Crippen molar-refractivity contribution in [2.75, 3.05) is 23.2 Å². The lowest BCUT2D eigenvalue weighted by atomic mass is 10.3. The van der Waals surface area contributed by atoms with Crippen molar-refractivity contribution >= 4 is 167 Å². The molecule has 4 atom stereocenters. The van der Waals surface area contributed by atoms with E-state index >= 15 is 0 Å². The molecule has 6 heterocycles. The van der Waals surface area contributed by atoms with Crippen LogP contribution in [0.25, 0.3) is 0 Å². The summed E-state index contributed by atoms with van der Waals surface area (Å²) in [5.41, 5.74) is 1.99. The SMILES string of the molecule is CN(C)c1cccc([Si]2(C)O[Si]3(c4ccccc4)O[Si]4(c5ccccc5)O[Si]5(c6ccccc6)O[Si](C)(c6ccc(N([Si](C)(C)C)[Si](C)(C)C)cc6)O[Si]6(c7ccccc7)O[Si](c7ccccc7)(O[Si](c7ccccc7)(O2)O[Si](c2ccccc2)(O6)O[Si](c2ccccc2)(O5)O3)O4)c1. The van der Waals surface area contributed by atoms with Crippen molar-refractivity contribution in [2.45, 2.75) is 52.4 Å². The highest BCUT2D eigenvalue weighted by Gasteiger charge is 2.84. The summed E-state index contributed by atoms with van der Waals surface area (Å²) in [6.07, 6.45) is 0. The second-order valence-corrected chi connectivity index (χ2v) is 67.3. The van der Waals surface area contributed by atoms with Crippen LogP contribution in [-0.2, 0) is 57.6 Å². The molecule has 6 aliphatic heterocycles. The van der Waals surface area contributed by atoms with Crippen molar-refractivity contribution in [3.63, 3.8) is 0 Å². The summed E-state index contributed by atoms with van der Waals surface area (Å²) >= 11 is 0. The van der Waals surface area contributed by atoms with E-state index in [9.17, 15) is 0 Å².